The van der Waals surface area contributed by atoms with Crippen molar-refractivity contribution in [1.82, 2.24) is 10.2 Å². The van der Waals surface area contributed by atoms with E-state index in [0.717, 1.165) is 17.5 Å². The van der Waals surface area contributed by atoms with Crippen LogP contribution in [0.1, 0.15) is 51.9 Å². The third-order valence-corrected chi connectivity index (χ3v) is 7.03. The van der Waals surface area contributed by atoms with Gasteiger partial charge in [-0.3, -0.25) is 9.98 Å². The van der Waals surface area contributed by atoms with Gasteiger partial charge in [-0.1, -0.05) is 56.1 Å². The van der Waals surface area contributed by atoms with Gasteiger partial charge in [0.05, 0.1) is 18.6 Å². The van der Waals surface area contributed by atoms with E-state index in [1.54, 1.807) is 0 Å². The van der Waals surface area contributed by atoms with Crippen molar-refractivity contribution < 1.29 is 0 Å². The Hall–Kier alpha value is -0.620. The maximum Gasteiger partial charge on any atom is 0.168 e. The fraction of sp³-hybridized carbons (Fsp3) is 0.765. The van der Waals surface area contributed by atoms with E-state index in [0.29, 0.717) is 18.1 Å². The summed E-state index contributed by atoms with van der Waals surface area (Å²) in [6, 6.07) is 1.76. The summed E-state index contributed by atoms with van der Waals surface area (Å²) < 4.78 is 0. The van der Waals surface area contributed by atoms with Crippen molar-refractivity contribution in [3.63, 3.8) is 0 Å². The van der Waals surface area contributed by atoms with E-state index < -0.39 is 0 Å². The van der Waals surface area contributed by atoms with Gasteiger partial charge in [-0.15, -0.1) is 0 Å². The van der Waals surface area contributed by atoms with Gasteiger partial charge in [-0.25, -0.2) is 0 Å². The first-order chi connectivity index (χ1) is 11.3. The Labute approximate surface area is 147 Å². The zero-order valence-corrected chi connectivity index (χ0v) is 15.5. The van der Waals surface area contributed by atoms with Crippen molar-refractivity contribution >= 4 is 33.9 Å². The molecule has 4 aliphatic rings. The van der Waals surface area contributed by atoms with Crippen LogP contribution in [0.25, 0.3) is 0 Å². The van der Waals surface area contributed by atoms with Gasteiger partial charge >= 0.3 is 0 Å². The van der Waals surface area contributed by atoms with Crippen molar-refractivity contribution in [2.24, 2.45) is 9.98 Å². The molecule has 6 heteroatoms. The number of unbranched alkanes of at least 4 members (excludes halogenated alkanes) is 1. The smallest absolute Gasteiger partial charge is 0.168 e. The molecule has 0 aromatic rings. The minimum Gasteiger partial charge on any atom is -0.360 e. The van der Waals surface area contributed by atoms with Crippen LogP contribution in [0, 0.1) is 0 Å². The third kappa shape index (κ3) is 3.29. The summed E-state index contributed by atoms with van der Waals surface area (Å²) in [4.78, 5) is 12.2. The Balaban J connectivity index is 1.30. The summed E-state index contributed by atoms with van der Waals surface area (Å²) in [5.41, 5.74) is 1.44. The summed E-state index contributed by atoms with van der Waals surface area (Å²) in [6.07, 6.45) is 9.10. The molecule has 0 amide bonds. The largest absolute Gasteiger partial charge is 0.360 e. The van der Waals surface area contributed by atoms with Gasteiger partial charge in [-0.2, -0.15) is 0 Å². The van der Waals surface area contributed by atoms with Crippen LogP contribution in [0.15, 0.2) is 21.1 Å². The Morgan fingerprint density at radius 2 is 2.30 bits per heavy atom. The summed E-state index contributed by atoms with van der Waals surface area (Å²) >= 11 is 3.69. The van der Waals surface area contributed by atoms with Gasteiger partial charge in [0.1, 0.15) is 0 Å². The zero-order valence-electron chi connectivity index (χ0n) is 13.8. The summed E-state index contributed by atoms with van der Waals surface area (Å²) in [6.45, 7) is 3.21. The van der Waals surface area contributed by atoms with Gasteiger partial charge in [0, 0.05) is 17.5 Å². The monoisotopic (exact) mass is 350 g/mol. The van der Waals surface area contributed by atoms with Crippen molar-refractivity contribution in [3.05, 3.63) is 11.1 Å². The molecule has 1 unspecified atom stereocenters. The minimum atomic E-state index is 0.556. The molecule has 4 nitrogen and oxygen atoms in total. The molecule has 0 spiro atoms. The number of amidine groups is 2. The van der Waals surface area contributed by atoms with E-state index >= 15 is 0 Å². The lowest BCUT2D eigenvalue weighted by atomic mass is 9.91. The fourth-order valence-electron chi connectivity index (χ4n) is 3.90. The average Bonchev–Trinajstić information content (AvgIpc) is 3.26. The second-order valence-electron chi connectivity index (χ2n) is 6.85. The van der Waals surface area contributed by atoms with E-state index in [-0.39, 0.29) is 0 Å². The van der Waals surface area contributed by atoms with Crippen LogP contribution in [0.3, 0.4) is 0 Å². The molecular formula is C17H26N4S2. The zero-order chi connectivity index (χ0) is 15.6. The number of aliphatic imine (C=N–C) groups is 2. The Bertz CT molecular complexity index is 543. The molecule has 0 saturated heterocycles. The van der Waals surface area contributed by atoms with E-state index in [9.17, 15) is 0 Å². The minimum absolute atomic E-state index is 0.556. The number of fused-ring (bicyclic) bond motifs is 3. The van der Waals surface area contributed by atoms with Crippen LogP contribution in [0.2, 0.25) is 0 Å². The molecule has 0 aromatic heterocycles. The van der Waals surface area contributed by atoms with Crippen LogP contribution >= 0.6 is 23.5 Å². The van der Waals surface area contributed by atoms with E-state index in [1.807, 2.05) is 23.5 Å². The summed E-state index contributed by atoms with van der Waals surface area (Å²) in [7, 11) is 0. The Kier molecular flexibility index (Phi) is 4.90. The number of thioether (sulfide) groups is 2. The average molecular weight is 351 g/mol. The van der Waals surface area contributed by atoms with Gasteiger partial charge in [0.25, 0.3) is 0 Å². The molecule has 1 saturated carbocycles. The number of rotatable bonds is 5. The van der Waals surface area contributed by atoms with Crippen molar-refractivity contribution in [2.45, 2.75) is 70.0 Å². The predicted molar refractivity (Wildman–Crippen MR) is 102 cm³/mol. The summed E-state index contributed by atoms with van der Waals surface area (Å²) in [5.74, 6) is 1.02. The lowest BCUT2D eigenvalue weighted by Gasteiger charge is -2.31. The first kappa shape index (κ1) is 15.9. The molecular weight excluding hydrogens is 324 g/mol. The molecule has 3 atom stereocenters. The van der Waals surface area contributed by atoms with E-state index in [4.69, 9.17) is 4.99 Å². The lowest BCUT2D eigenvalue weighted by Crippen LogP contribution is -2.39. The molecule has 0 bridgehead atoms. The van der Waals surface area contributed by atoms with Gasteiger partial charge in [0.2, 0.25) is 0 Å². The van der Waals surface area contributed by atoms with Crippen LogP contribution in [0.4, 0.5) is 0 Å². The normalized spacial score (nSPS) is 32.1. The van der Waals surface area contributed by atoms with Crippen LogP contribution in [0.5, 0.6) is 0 Å². The molecule has 0 aromatic carbocycles. The van der Waals surface area contributed by atoms with Gasteiger partial charge in [-0.05, 0) is 24.7 Å². The van der Waals surface area contributed by atoms with Crippen LogP contribution < -0.4 is 5.32 Å². The second-order valence-corrected chi connectivity index (χ2v) is 8.65. The maximum atomic E-state index is 4.95. The topological polar surface area (TPSA) is 40.0 Å². The fourth-order valence-corrected chi connectivity index (χ4v) is 5.93. The van der Waals surface area contributed by atoms with Crippen molar-refractivity contribution in [3.8, 4) is 0 Å². The molecule has 1 aliphatic carbocycles. The first-order valence-corrected chi connectivity index (χ1v) is 10.9. The predicted octanol–water partition coefficient (Wildman–Crippen LogP) is 3.81. The third-order valence-electron chi connectivity index (χ3n) is 5.16. The number of nitrogens with one attached hydrogen (secondary N) is 1. The molecule has 0 radical (unpaired) electrons. The van der Waals surface area contributed by atoms with Crippen LogP contribution in [-0.2, 0) is 0 Å². The number of nitrogens with zero attached hydrogens (tertiary/aromatic N) is 3. The SMILES string of the molecule is CCCCC1CN=C(SCC2=CSC3=N[C@H]4CCCC[C@@H]4N23)N1. The second kappa shape index (κ2) is 7.09. The molecule has 23 heavy (non-hydrogen) atoms. The lowest BCUT2D eigenvalue weighted by molar-refractivity contribution is 0.285. The van der Waals surface area contributed by atoms with Gasteiger partial charge in [0.15, 0.2) is 10.3 Å². The summed E-state index contributed by atoms with van der Waals surface area (Å²) in [5, 5.41) is 8.29. The first-order valence-electron chi connectivity index (χ1n) is 9.01. The van der Waals surface area contributed by atoms with Crippen LogP contribution in [-0.4, -0.2) is 45.7 Å². The van der Waals surface area contributed by atoms with Gasteiger partial charge < -0.3 is 10.2 Å². The highest BCUT2D eigenvalue weighted by atomic mass is 32.2. The van der Waals surface area contributed by atoms with E-state index in [1.165, 1.54) is 55.8 Å². The molecule has 1 N–H and O–H groups in total. The number of hydrogen-bond acceptors (Lipinski definition) is 6. The highest BCUT2D eigenvalue weighted by Gasteiger charge is 2.41. The standard InChI is InChI=1S/C17H26N4S2/c1-2-3-6-12-9-18-16(19-12)22-10-13-11-23-17-20-14-7-4-5-8-15(14)21(13)17/h11-12,14-15H,2-10H2,1H3,(H,18,19)/t12?,14-,15-/m0/s1. The molecule has 1 fully saturated rings. The Morgan fingerprint density at radius 1 is 1.39 bits per heavy atom. The van der Waals surface area contributed by atoms with E-state index in [2.05, 4.69) is 27.5 Å². The quantitative estimate of drug-likeness (QED) is 0.818. The number of hydrogen-bond donors (Lipinski definition) is 1. The Morgan fingerprint density at radius 3 is 3.22 bits per heavy atom. The highest BCUT2D eigenvalue weighted by Crippen LogP contribution is 2.41. The highest BCUT2D eigenvalue weighted by molar-refractivity contribution is 8.17. The van der Waals surface area contributed by atoms with Crippen molar-refractivity contribution in [2.75, 3.05) is 12.3 Å². The molecule has 4 rings (SSSR count). The maximum absolute atomic E-state index is 4.95. The molecule has 126 valence electrons. The molecule has 3 aliphatic heterocycles. The van der Waals surface area contributed by atoms with Crippen molar-refractivity contribution in [1.29, 1.82) is 0 Å². The molecule has 3 heterocycles.